The highest BCUT2D eigenvalue weighted by atomic mass is 16.5. The maximum absolute atomic E-state index is 13.5. The first-order valence-electron chi connectivity index (χ1n) is 9.61. The number of fused-ring (bicyclic) bond motifs is 3. The van der Waals surface area contributed by atoms with Crippen molar-refractivity contribution in [2.24, 2.45) is 5.92 Å². The van der Waals surface area contributed by atoms with E-state index in [9.17, 15) is 9.59 Å². The number of carbonyl (C=O) groups excluding carboxylic acids is 2. The molecule has 4 rings (SSSR count). The molecule has 1 N–H and O–H groups in total. The number of nitrogens with one attached hydrogen (secondary N) is 1. The number of methoxy groups -OCH3 is 3. The van der Waals surface area contributed by atoms with Crippen LogP contribution in [0.15, 0.2) is 30.0 Å². The number of hydrogen-bond donors (Lipinski definition) is 1. The molecule has 2 fully saturated rings. The third kappa shape index (κ3) is 2.68. The number of anilines is 1. The minimum absolute atomic E-state index is 0.000711. The number of Topliss-reactive ketones (excluding diaryl/α,β-unsaturated/α-hetero) is 1. The molecule has 7 nitrogen and oxygen atoms in total. The third-order valence-electron chi connectivity index (χ3n) is 6.42. The van der Waals surface area contributed by atoms with Gasteiger partial charge in [0.2, 0.25) is 0 Å². The summed E-state index contributed by atoms with van der Waals surface area (Å²) in [6.45, 7) is 1.69. The van der Waals surface area contributed by atoms with Crippen LogP contribution in [0, 0.1) is 5.92 Å². The zero-order valence-corrected chi connectivity index (χ0v) is 16.5. The topological polar surface area (TPSA) is 77.1 Å². The van der Waals surface area contributed by atoms with E-state index >= 15 is 0 Å². The second-order valence-electron chi connectivity index (χ2n) is 7.63. The first kappa shape index (κ1) is 18.8. The molecule has 0 bridgehead atoms. The average molecular weight is 386 g/mol. The molecule has 1 spiro atoms. The zero-order valence-electron chi connectivity index (χ0n) is 16.5. The molecule has 1 aromatic rings. The summed E-state index contributed by atoms with van der Waals surface area (Å²) in [6, 6.07) is 5.65. The van der Waals surface area contributed by atoms with E-state index in [1.807, 2.05) is 18.2 Å². The lowest BCUT2D eigenvalue weighted by Gasteiger charge is -2.41. The summed E-state index contributed by atoms with van der Waals surface area (Å²) in [6.07, 6.45) is 3.75. The van der Waals surface area contributed by atoms with Gasteiger partial charge in [-0.3, -0.25) is 9.69 Å². The third-order valence-corrected chi connectivity index (χ3v) is 6.42. The monoisotopic (exact) mass is 386 g/mol. The molecule has 7 heteroatoms. The van der Waals surface area contributed by atoms with Gasteiger partial charge in [0.05, 0.1) is 38.7 Å². The number of benzene rings is 1. The van der Waals surface area contributed by atoms with E-state index in [1.165, 1.54) is 20.5 Å². The van der Waals surface area contributed by atoms with Crippen molar-refractivity contribution in [1.29, 1.82) is 0 Å². The fourth-order valence-electron chi connectivity index (χ4n) is 5.09. The fourth-order valence-corrected chi connectivity index (χ4v) is 5.09. The molecule has 150 valence electrons. The van der Waals surface area contributed by atoms with Crippen LogP contribution in [0.1, 0.15) is 29.6 Å². The quantitative estimate of drug-likeness (QED) is 0.483. The maximum Gasteiger partial charge on any atom is 0.337 e. The van der Waals surface area contributed by atoms with Crippen LogP contribution >= 0.6 is 0 Å². The van der Waals surface area contributed by atoms with E-state index < -0.39 is 5.54 Å². The second kappa shape index (κ2) is 7.13. The lowest BCUT2D eigenvalue weighted by atomic mass is 9.77. The molecule has 0 unspecified atom stereocenters. The van der Waals surface area contributed by atoms with Gasteiger partial charge in [-0.25, -0.2) is 4.79 Å². The largest absolute Gasteiger partial charge is 0.504 e. The van der Waals surface area contributed by atoms with Gasteiger partial charge in [-0.15, -0.1) is 0 Å². The molecule has 0 amide bonds. The Morgan fingerprint density at radius 1 is 1.29 bits per heavy atom. The van der Waals surface area contributed by atoms with Gasteiger partial charge in [-0.1, -0.05) is 6.07 Å². The van der Waals surface area contributed by atoms with Gasteiger partial charge < -0.3 is 19.5 Å². The van der Waals surface area contributed by atoms with Crippen molar-refractivity contribution in [3.8, 4) is 5.75 Å². The Bertz CT molecular complexity index is 836. The predicted molar refractivity (Wildman–Crippen MR) is 103 cm³/mol. The Kier molecular flexibility index (Phi) is 4.79. The van der Waals surface area contributed by atoms with Crippen molar-refractivity contribution in [2.75, 3.05) is 39.7 Å². The van der Waals surface area contributed by atoms with E-state index in [1.54, 1.807) is 7.11 Å². The van der Waals surface area contributed by atoms with Gasteiger partial charge in [0.1, 0.15) is 11.3 Å². The van der Waals surface area contributed by atoms with Crippen molar-refractivity contribution in [3.63, 3.8) is 0 Å². The lowest BCUT2D eigenvalue weighted by molar-refractivity contribution is -0.137. The predicted octanol–water partition coefficient (Wildman–Crippen LogP) is 2.23. The molecule has 3 aliphatic rings. The normalized spacial score (nSPS) is 29.2. The zero-order chi connectivity index (χ0) is 19.9. The van der Waals surface area contributed by atoms with Crippen LogP contribution < -0.4 is 10.1 Å². The van der Waals surface area contributed by atoms with E-state index in [0.29, 0.717) is 23.3 Å². The summed E-state index contributed by atoms with van der Waals surface area (Å²) >= 11 is 0. The molecule has 0 saturated carbocycles. The molecular formula is C21H26N2O5. The molecule has 2 saturated heterocycles. The van der Waals surface area contributed by atoms with Gasteiger partial charge in [0.25, 0.3) is 0 Å². The maximum atomic E-state index is 13.5. The Labute approximate surface area is 164 Å². The van der Waals surface area contributed by atoms with Crippen LogP contribution in [0.5, 0.6) is 5.75 Å². The first-order valence-corrected chi connectivity index (χ1v) is 9.61. The van der Waals surface area contributed by atoms with E-state index in [2.05, 4.69) is 10.2 Å². The van der Waals surface area contributed by atoms with Gasteiger partial charge in [0.15, 0.2) is 5.78 Å². The van der Waals surface area contributed by atoms with Gasteiger partial charge in [0, 0.05) is 18.3 Å². The molecule has 3 heterocycles. The van der Waals surface area contributed by atoms with Crippen molar-refractivity contribution in [3.05, 3.63) is 35.6 Å². The number of ketones is 1. The number of piperidine rings is 1. The number of rotatable bonds is 4. The molecule has 0 radical (unpaired) electrons. The SMILES string of the molecule is CO/C=C(/C(=O)OC)[C@@H]1CCN2CC[C@]3(Nc4cccc(OC)c4C3=O)[C@@H]2C1. The molecule has 0 aromatic heterocycles. The Morgan fingerprint density at radius 3 is 2.82 bits per heavy atom. The van der Waals surface area contributed by atoms with E-state index in [-0.39, 0.29) is 23.7 Å². The number of carbonyl (C=O) groups is 2. The minimum atomic E-state index is -0.677. The summed E-state index contributed by atoms with van der Waals surface area (Å²) in [5.41, 5.74) is 1.32. The molecule has 3 atom stereocenters. The number of esters is 1. The minimum Gasteiger partial charge on any atom is -0.504 e. The van der Waals surface area contributed by atoms with Crippen LogP contribution in [0.3, 0.4) is 0 Å². The van der Waals surface area contributed by atoms with Crippen LogP contribution in [0.4, 0.5) is 5.69 Å². The van der Waals surface area contributed by atoms with E-state index in [4.69, 9.17) is 14.2 Å². The van der Waals surface area contributed by atoms with Crippen molar-refractivity contribution in [1.82, 2.24) is 4.90 Å². The summed E-state index contributed by atoms with van der Waals surface area (Å²) in [4.78, 5) is 28.2. The lowest BCUT2D eigenvalue weighted by Crippen LogP contribution is -2.55. The van der Waals surface area contributed by atoms with E-state index in [0.717, 1.165) is 31.6 Å². The highest BCUT2D eigenvalue weighted by Crippen LogP contribution is 2.48. The number of ether oxygens (including phenoxy) is 3. The second-order valence-corrected chi connectivity index (χ2v) is 7.63. The summed E-state index contributed by atoms with van der Waals surface area (Å²) in [7, 11) is 4.49. The van der Waals surface area contributed by atoms with Crippen LogP contribution in [-0.4, -0.2) is 62.7 Å². The van der Waals surface area contributed by atoms with Crippen LogP contribution in [0.25, 0.3) is 0 Å². The fraction of sp³-hybridized carbons (Fsp3) is 0.524. The highest BCUT2D eigenvalue weighted by molar-refractivity contribution is 6.16. The van der Waals surface area contributed by atoms with Gasteiger partial charge in [-0.05, 0) is 43.9 Å². The van der Waals surface area contributed by atoms with Crippen LogP contribution in [0.2, 0.25) is 0 Å². The molecule has 3 aliphatic heterocycles. The molecule has 0 aliphatic carbocycles. The Hall–Kier alpha value is -2.54. The molecule has 28 heavy (non-hydrogen) atoms. The molecule has 1 aromatic carbocycles. The van der Waals surface area contributed by atoms with Crippen molar-refractivity contribution < 1.29 is 23.8 Å². The van der Waals surface area contributed by atoms with Crippen molar-refractivity contribution in [2.45, 2.75) is 30.8 Å². The summed E-state index contributed by atoms with van der Waals surface area (Å²) in [5.74, 6) is 0.308. The van der Waals surface area contributed by atoms with Crippen LogP contribution in [-0.2, 0) is 14.3 Å². The standard InChI is InChI=1S/C21H26N2O5/c1-26-12-14(20(25)28-3)13-7-9-23-10-8-21(17(23)11-13)19(24)18-15(22-21)5-4-6-16(18)27-2/h4-6,12-13,17,22H,7-11H2,1-3H3/b14-12+/t13-,17+,21+/m1/s1. The molecular weight excluding hydrogens is 360 g/mol. The number of nitrogens with zero attached hydrogens (tertiary/aromatic N) is 1. The van der Waals surface area contributed by atoms with Gasteiger partial charge >= 0.3 is 5.97 Å². The average Bonchev–Trinajstić information content (AvgIpc) is 3.23. The van der Waals surface area contributed by atoms with Crippen molar-refractivity contribution >= 4 is 17.4 Å². The summed E-state index contributed by atoms with van der Waals surface area (Å²) < 4.78 is 15.5. The Morgan fingerprint density at radius 2 is 2.11 bits per heavy atom. The number of hydrogen-bond acceptors (Lipinski definition) is 7. The first-order chi connectivity index (χ1) is 13.6. The smallest absolute Gasteiger partial charge is 0.337 e. The Balaban J connectivity index is 1.66. The van der Waals surface area contributed by atoms with Gasteiger partial charge in [-0.2, -0.15) is 0 Å². The highest BCUT2D eigenvalue weighted by Gasteiger charge is 2.58. The summed E-state index contributed by atoms with van der Waals surface area (Å²) in [5, 5.41) is 3.53.